The van der Waals surface area contributed by atoms with Gasteiger partial charge in [-0.25, -0.2) is 8.42 Å². The van der Waals surface area contributed by atoms with Gasteiger partial charge < -0.3 is 5.32 Å². The van der Waals surface area contributed by atoms with Crippen LogP contribution in [0.15, 0.2) is 24.3 Å². The first kappa shape index (κ1) is 18.3. The van der Waals surface area contributed by atoms with Crippen molar-refractivity contribution in [3.05, 3.63) is 34.9 Å². The lowest BCUT2D eigenvalue weighted by Crippen LogP contribution is -2.39. The number of carbonyl (C=O) groups is 1. The van der Waals surface area contributed by atoms with Gasteiger partial charge in [-0.05, 0) is 30.5 Å². The van der Waals surface area contributed by atoms with E-state index in [2.05, 4.69) is 5.32 Å². The van der Waals surface area contributed by atoms with Crippen LogP contribution in [-0.2, 0) is 20.4 Å². The van der Waals surface area contributed by atoms with E-state index < -0.39 is 15.6 Å². The van der Waals surface area contributed by atoms with Gasteiger partial charge in [-0.15, -0.1) is 0 Å². The van der Waals surface area contributed by atoms with Crippen molar-refractivity contribution in [2.45, 2.75) is 56.7 Å². The van der Waals surface area contributed by atoms with Gasteiger partial charge in [-0.2, -0.15) is 0 Å². The monoisotopic (exact) mass is 357 g/mol. The molecule has 0 aliphatic heterocycles. The molecular formula is C17H24ClNO3S. The predicted octanol–water partition coefficient (Wildman–Crippen LogP) is 3.48. The Bertz CT molecular complexity index is 605. The number of carbonyl (C=O) groups excluding carboxylic acids is 1. The number of hydrogen-bond acceptors (Lipinski definition) is 3. The number of amides is 1. The summed E-state index contributed by atoms with van der Waals surface area (Å²) in [7, 11) is -3.47. The molecule has 0 spiro atoms. The summed E-state index contributed by atoms with van der Waals surface area (Å²) in [6.07, 6.45) is 7.75. The van der Waals surface area contributed by atoms with Gasteiger partial charge in [0.1, 0.15) is 5.75 Å². The second-order valence-electron chi connectivity index (χ2n) is 6.27. The lowest BCUT2D eigenvalue weighted by molar-refractivity contribution is -0.119. The molecule has 0 bridgehead atoms. The number of sulfone groups is 1. The summed E-state index contributed by atoms with van der Waals surface area (Å²) < 4.78 is 24.3. The Morgan fingerprint density at radius 2 is 1.61 bits per heavy atom. The Labute approximate surface area is 143 Å². The molecule has 1 aliphatic carbocycles. The summed E-state index contributed by atoms with van der Waals surface area (Å²) in [5, 5.41) is 3.46. The summed E-state index contributed by atoms with van der Waals surface area (Å²) in [6, 6.07) is 6.77. The minimum absolute atomic E-state index is 0.119. The van der Waals surface area contributed by atoms with Gasteiger partial charge in [0.2, 0.25) is 5.91 Å². The van der Waals surface area contributed by atoms with E-state index in [4.69, 9.17) is 11.6 Å². The Hall–Kier alpha value is -1.07. The van der Waals surface area contributed by atoms with Crippen molar-refractivity contribution < 1.29 is 13.2 Å². The Balaban J connectivity index is 1.86. The molecule has 0 atom stereocenters. The summed E-state index contributed by atoms with van der Waals surface area (Å²) in [6.45, 7) is 0. The molecule has 1 saturated carbocycles. The van der Waals surface area contributed by atoms with Gasteiger partial charge in [0.05, 0.1) is 5.75 Å². The van der Waals surface area contributed by atoms with E-state index in [9.17, 15) is 13.2 Å². The highest BCUT2D eigenvalue weighted by atomic mass is 35.5. The molecule has 1 aromatic rings. The van der Waals surface area contributed by atoms with Crippen molar-refractivity contribution in [3.63, 3.8) is 0 Å². The first-order chi connectivity index (χ1) is 10.9. The third kappa shape index (κ3) is 6.92. The van der Waals surface area contributed by atoms with Crippen molar-refractivity contribution in [1.82, 2.24) is 5.32 Å². The van der Waals surface area contributed by atoms with Gasteiger partial charge in [-0.1, -0.05) is 55.8 Å². The first-order valence-electron chi connectivity index (χ1n) is 8.19. The zero-order valence-electron chi connectivity index (χ0n) is 13.3. The van der Waals surface area contributed by atoms with Crippen LogP contribution in [0.1, 0.15) is 50.5 Å². The second kappa shape index (κ2) is 8.69. The molecule has 0 saturated heterocycles. The predicted molar refractivity (Wildman–Crippen MR) is 93.2 cm³/mol. The molecule has 0 unspecified atom stereocenters. The van der Waals surface area contributed by atoms with Crippen molar-refractivity contribution in [2.24, 2.45) is 0 Å². The number of hydrogen-bond donors (Lipinski definition) is 1. The van der Waals surface area contributed by atoms with Crippen LogP contribution in [0.25, 0.3) is 0 Å². The van der Waals surface area contributed by atoms with Crippen LogP contribution in [-0.4, -0.2) is 26.1 Å². The third-order valence-electron chi connectivity index (χ3n) is 4.12. The third-order valence-corrected chi connectivity index (χ3v) is 5.85. The molecule has 1 N–H and O–H groups in total. The zero-order valence-corrected chi connectivity index (χ0v) is 14.8. The van der Waals surface area contributed by atoms with Crippen LogP contribution in [0.4, 0.5) is 0 Å². The van der Waals surface area contributed by atoms with Crippen molar-refractivity contribution in [1.29, 1.82) is 0 Å². The standard InChI is InChI=1S/C17H24ClNO3S/c18-15-10-8-14(9-11-15)12-23(21,22)13-17(20)19-16-6-4-2-1-3-5-7-16/h8-11,16H,1-7,12-13H2,(H,19,20). The Morgan fingerprint density at radius 3 is 2.22 bits per heavy atom. The molecule has 1 amide bonds. The van der Waals surface area contributed by atoms with Crippen LogP contribution in [0.5, 0.6) is 0 Å². The molecule has 6 heteroatoms. The fourth-order valence-corrected chi connectivity index (χ4v) is 4.37. The maximum absolute atomic E-state index is 12.2. The van der Waals surface area contributed by atoms with Crippen molar-refractivity contribution in [2.75, 3.05) is 5.75 Å². The zero-order chi connectivity index (χ0) is 16.7. The maximum Gasteiger partial charge on any atom is 0.235 e. The molecule has 0 radical (unpaired) electrons. The molecule has 0 aromatic heterocycles. The normalized spacial score (nSPS) is 17.3. The summed E-state index contributed by atoms with van der Waals surface area (Å²) in [5.41, 5.74) is 0.646. The van der Waals surface area contributed by atoms with Gasteiger partial charge in [0.15, 0.2) is 9.84 Å². The molecular weight excluding hydrogens is 334 g/mol. The van der Waals surface area contributed by atoms with Crippen LogP contribution >= 0.6 is 11.6 Å². The van der Waals surface area contributed by atoms with E-state index in [1.807, 2.05) is 0 Å². The van der Waals surface area contributed by atoms with E-state index in [-0.39, 0.29) is 17.7 Å². The van der Waals surface area contributed by atoms with Gasteiger partial charge in [0.25, 0.3) is 0 Å². The highest BCUT2D eigenvalue weighted by Gasteiger charge is 2.20. The second-order valence-corrected chi connectivity index (χ2v) is 8.77. The van der Waals surface area contributed by atoms with Gasteiger partial charge >= 0.3 is 0 Å². The van der Waals surface area contributed by atoms with E-state index >= 15 is 0 Å². The van der Waals surface area contributed by atoms with E-state index in [1.54, 1.807) is 24.3 Å². The lowest BCUT2D eigenvalue weighted by atomic mass is 9.97. The molecule has 4 nitrogen and oxygen atoms in total. The SMILES string of the molecule is O=C(CS(=O)(=O)Cc1ccc(Cl)cc1)NC1CCCCCCC1. The minimum Gasteiger partial charge on any atom is -0.352 e. The maximum atomic E-state index is 12.2. The van der Waals surface area contributed by atoms with Crippen molar-refractivity contribution in [3.8, 4) is 0 Å². The molecule has 1 aromatic carbocycles. The average Bonchev–Trinajstić information content (AvgIpc) is 2.43. The molecule has 128 valence electrons. The summed E-state index contributed by atoms with van der Waals surface area (Å²) in [5.74, 6) is -0.974. The minimum atomic E-state index is -3.47. The van der Waals surface area contributed by atoms with Crippen LogP contribution < -0.4 is 5.32 Å². The van der Waals surface area contributed by atoms with Gasteiger partial charge in [0, 0.05) is 11.1 Å². The molecule has 1 fully saturated rings. The topological polar surface area (TPSA) is 63.2 Å². The number of rotatable bonds is 5. The number of nitrogens with one attached hydrogen (secondary N) is 1. The lowest BCUT2D eigenvalue weighted by Gasteiger charge is -2.21. The molecule has 2 rings (SSSR count). The fraction of sp³-hybridized carbons (Fsp3) is 0.588. The molecule has 0 heterocycles. The van der Waals surface area contributed by atoms with Crippen LogP contribution in [0.2, 0.25) is 5.02 Å². The summed E-state index contributed by atoms with van der Waals surface area (Å²) in [4.78, 5) is 12.1. The quantitative estimate of drug-likeness (QED) is 0.877. The highest BCUT2D eigenvalue weighted by molar-refractivity contribution is 7.91. The first-order valence-corrected chi connectivity index (χ1v) is 10.4. The van der Waals surface area contributed by atoms with Crippen LogP contribution in [0.3, 0.4) is 0 Å². The van der Waals surface area contributed by atoms with Gasteiger partial charge in [-0.3, -0.25) is 4.79 Å². The molecule has 23 heavy (non-hydrogen) atoms. The summed E-state index contributed by atoms with van der Waals surface area (Å²) >= 11 is 5.79. The number of halogens is 1. The van der Waals surface area contributed by atoms with E-state index in [1.165, 1.54) is 19.3 Å². The largest absolute Gasteiger partial charge is 0.352 e. The highest BCUT2D eigenvalue weighted by Crippen LogP contribution is 2.17. The smallest absolute Gasteiger partial charge is 0.235 e. The van der Waals surface area contributed by atoms with E-state index in [0.717, 1.165) is 25.7 Å². The van der Waals surface area contributed by atoms with Crippen molar-refractivity contribution >= 4 is 27.3 Å². The van der Waals surface area contributed by atoms with Crippen LogP contribution in [0, 0.1) is 0 Å². The number of benzene rings is 1. The Morgan fingerprint density at radius 1 is 1.04 bits per heavy atom. The Kier molecular flexibility index (Phi) is 6.90. The molecule has 1 aliphatic rings. The fourth-order valence-electron chi connectivity index (χ4n) is 2.96. The average molecular weight is 358 g/mol. The van der Waals surface area contributed by atoms with E-state index in [0.29, 0.717) is 10.6 Å².